The monoisotopic (exact) mass is 302 g/mol. The molecule has 0 aromatic heterocycles. The van der Waals surface area contributed by atoms with Crippen LogP contribution in [0.4, 0.5) is 7.77 Å². The van der Waals surface area contributed by atoms with E-state index >= 15 is 0 Å². The zero-order valence-corrected chi connectivity index (χ0v) is 8.43. The van der Waals surface area contributed by atoms with Crippen molar-refractivity contribution in [3.63, 3.8) is 0 Å². The number of rotatable bonds is 0. The molecule has 0 spiro atoms. The normalized spacial score (nSPS) is 6.80. The Balaban J connectivity index is -0.0000000300. The van der Waals surface area contributed by atoms with Gasteiger partial charge >= 0.3 is 19.5 Å². The van der Waals surface area contributed by atoms with Crippen LogP contribution in [0.1, 0.15) is 0 Å². The number of hydrogen-bond acceptors (Lipinski definition) is 6. The summed E-state index contributed by atoms with van der Waals surface area (Å²) < 4.78 is 53.2. The first-order chi connectivity index (χ1) is 3.46. The first-order valence-electron chi connectivity index (χ1n) is 0.975. The molecule has 4 nitrogen and oxygen atoms in total. The van der Waals surface area contributed by atoms with Crippen molar-refractivity contribution in [2.24, 2.45) is 0 Å². The van der Waals surface area contributed by atoms with Crippen LogP contribution in [0.2, 0.25) is 0 Å². The fourth-order valence-electron chi connectivity index (χ4n) is 0. The SMILES string of the molecule is O=[S-](=O)F.O=[S-](=O)F.S.[Ru+3]. The van der Waals surface area contributed by atoms with Crippen molar-refractivity contribution in [2.75, 3.05) is 0 Å². The van der Waals surface area contributed by atoms with E-state index in [1.165, 1.54) is 0 Å². The molecule has 0 unspecified atom stereocenters. The molecule has 0 aromatic rings. The van der Waals surface area contributed by atoms with Gasteiger partial charge in [-0.05, 0) is 0 Å². The first-order valence-corrected chi connectivity index (χ1v) is 2.93. The van der Waals surface area contributed by atoms with Crippen LogP contribution in [0.5, 0.6) is 0 Å². The van der Waals surface area contributed by atoms with E-state index in [1.807, 2.05) is 0 Å². The van der Waals surface area contributed by atoms with Crippen molar-refractivity contribution >= 4 is 35.7 Å². The van der Waals surface area contributed by atoms with E-state index in [0.29, 0.717) is 0 Å². The molecule has 0 saturated heterocycles. The molecule has 10 heteroatoms. The van der Waals surface area contributed by atoms with Gasteiger partial charge in [-0.3, -0.25) is 0 Å². The van der Waals surface area contributed by atoms with Crippen molar-refractivity contribution in [3.8, 4) is 0 Å². The van der Waals surface area contributed by atoms with E-state index in [4.69, 9.17) is 16.8 Å². The predicted molar refractivity (Wildman–Crippen MR) is 30.1 cm³/mol. The Kier molecular flexibility index (Phi) is 36.7. The van der Waals surface area contributed by atoms with Crippen LogP contribution in [0.15, 0.2) is 0 Å². The number of hydrogen-bond donors (Lipinski definition) is 0. The fraction of sp³-hybridized carbons (Fsp3) is 0. The maximum Gasteiger partial charge on any atom is 3.00 e. The minimum Gasteiger partial charge on any atom is -0.392 e. The Hall–Kier alpha value is 0.733. The van der Waals surface area contributed by atoms with Crippen LogP contribution in [0.3, 0.4) is 0 Å². The average molecular weight is 301 g/mol. The molecule has 0 fully saturated rings. The van der Waals surface area contributed by atoms with E-state index in [2.05, 4.69) is 0 Å². The topological polar surface area (TPSA) is 68.3 Å². The quantitative estimate of drug-likeness (QED) is 0.370. The van der Waals surface area contributed by atoms with Crippen LogP contribution >= 0.6 is 13.5 Å². The molecule has 10 heavy (non-hydrogen) atoms. The summed E-state index contributed by atoms with van der Waals surface area (Å²) in [6.07, 6.45) is 0. The molecule has 0 aliphatic carbocycles. The van der Waals surface area contributed by atoms with Crippen molar-refractivity contribution in [3.05, 3.63) is 0 Å². The summed E-state index contributed by atoms with van der Waals surface area (Å²) in [6, 6.07) is 0. The second-order valence-corrected chi connectivity index (χ2v) is 1.16. The van der Waals surface area contributed by atoms with Gasteiger partial charge in [-0.15, -0.1) is 0 Å². The van der Waals surface area contributed by atoms with E-state index in [0.717, 1.165) is 0 Å². The second kappa shape index (κ2) is 16.4. The Morgan fingerprint density at radius 3 is 0.800 bits per heavy atom. The van der Waals surface area contributed by atoms with Crippen molar-refractivity contribution < 1.29 is 44.1 Å². The third-order valence-corrected chi connectivity index (χ3v) is 0. The summed E-state index contributed by atoms with van der Waals surface area (Å²) in [6.45, 7) is 0. The maximum absolute atomic E-state index is 9.92. The minimum absolute atomic E-state index is 0. The average Bonchev–Trinajstić information content (AvgIpc) is 1.25. The van der Waals surface area contributed by atoms with Gasteiger partial charge in [0.2, 0.25) is 0 Å². The van der Waals surface area contributed by atoms with Gasteiger partial charge in [0, 0.05) is 0 Å². The molecule has 0 aliphatic rings. The van der Waals surface area contributed by atoms with Gasteiger partial charge in [0.25, 0.3) is 0 Å². The Morgan fingerprint density at radius 2 is 0.800 bits per heavy atom. The molecule has 0 heterocycles. The van der Waals surface area contributed by atoms with Crippen molar-refractivity contribution in [1.29, 1.82) is 0 Å². The van der Waals surface area contributed by atoms with E-state index < -0.39 is 22.2 Å². The summed E-state index contributed by atoms with van der Waals surface area (Å²) in [4.78, 5) is 0. The minimum atomic E-state index is -3.36. The van der Waals surface area contributed by atoms with Crippen LogP contribution in [-0.2, 0) is 58.5 Å². The van der Waals surface area contributed by atoms with Gasteiger partial charge in [0.1, 0.15) is 0 Å². The standard InChI is InChI=1S/2FO2S.Ru.H2S/c2*1-4(2)3;;/h;;;1H2/q2*-1;+3;. The third-order valence-electron chi connectivity index (χ3n) is 0. The van der Waals surface area contributed by atoms with E-state index in [1.54, 1.807) is 0 Å². The third kappa shape index (κ3) is 971. The van der Waals surface area contributed by atoms with Gasteiger partial charge in [-0.1, -0.05) is 0 Å². The van der Waals surface area contributed by atoms with Gasteiger partial charge in [0.05, 0.1) is 22.2 Å². The first kappa shape index (κ1) is 22.4. The molecule has 0 aliphatic heterocycles. The predicted octanol–water partition coefficient (Wildman–Crippen LogP) is 0.471. The summed E-state index contributed by atoms with van der Waals surface area (Å²) in [5, 5.41) is 0. The molecule has 0 aromatic carbocycles. The zero-order chi connectivity index (χ0) is 7.15. The van der Waals surface area contributed by atoms with Crippen LogP contribution in [0.25, 0.3) is 0 Å². The maximum atomic E-state index is 9.92. The Labute approximate surface area is 79.7 Å². The molecule has 0 atom stereocenters. The fourth-order valence-corrected chi connectivity index (χ4v) is 0. The van der Waals surface area contributed by atoms with E-state index in [-0.39, 0.29) is 33.0 Å². The van der Waals surface area contributed by atoms with Crippen LogP contribution in [0, 0.1) is 0 Å². The van der Waals surface area contributed by atoms with Gasteiger partial charge in [0.15, 0.2) is 0 Å². The molecule has 0 N–H and O–H groups in total. The molecule has 1 radical (unpaired) electrons. The summed E-state index contributed by atoms with van der Waals surface area (Å²) in [5.41, 5.74) is 0. The van der Waals surface area contributed by atoms with Crippen LogP contribution in [-0.4, -0.2) is 0 Å². The van der Waals surface area contributed by atoms with E-state index in [9.17, 15) is 7.77 Å². The molecular formula is H2F2O4RuS3+. The van der Waals surface area contributed by atoms with Crippen molar-refractivity contribution in [1.82, 2.24) is 0 Å². The smallest absolute Gasteiger partial charge is 0.392 e. The number of halogens is 2. The zero-order valence-electron chi connectivity index (χ0n) is 4.06. The van der Waals surface area contributed by atoms with Gasteiger partial charge in [-0.2, -0.15) is 13.5 Å². The summed E-state index contributed by atoms with van der Waals surface area (Å²) in [5.74, 6) is 0. The molecular weight excluding hydrogens is 299 g/mol. The molecule has 0 rings (SSSR count). The summed E-state index contributed by atoms with van der Waals surface area (Å²) in [7, 11) is 0. The molecule has 0 bridgehead atoms. The molecule has 65 valence electrons. The Bertz CT molecular complexity index is 135. The van der Waals surface area contributed by atoms with Crippen LogP contribution < -0.4 is 0 Å². The molecule has 0 saturated carbocycles. The largest absolute Gasteiger partial charge is 3.00 e. The van der Waals surface area contributed by atoms with Gasteiger partial charge in [-0.25, -0.2) is 0 Å². The van der Waals surface area contributed by atoms with Gasteiger partial charge < -0.3 is 24.6 Å². The van der Waals surface area contributed by atoms with Crippen molar-refractivity contribution in [2.45, 2.75) is 0 Å². The second-order valence-electron chi connectivity index (χ2n) is 0.388. The summed E-state index contributed by atoms with van der Waals surface area (Å²) >= 11 is -6.72. The Morgan fingerprint density at radius 1 is 0.800 bits per heavy atom. The molecule has 0 amide bonds.